The lowest BCUT2D eigenvalue weighted by Crippen LogP contribution is -2.35. The average Bonchev–Trinajstić information content (AvgIpc) is 3.37. The zero-order chi connectivity index (χ0) is 23.7. The second-order valence-corrected chi connectivity index (χ2v) is 9.27. The van der Waals surface area contributed by atoms with Crippen LogP contribution in [-0.2, 0) is 17.8 Å². The third kappa shape index (κ3) is 4.22. The van der Waals surface area contributed by atoms with Crippen LogP contribution in [-0.4, -0.2) is 51.5 Å². The zero-order valence-corrected chi connectivity index (χ0v) is 19.1. The van der Waals surface area contributed by atoms with Crippen LogP contribution in [0, 0.1) is 0 Å². The molecule has 0 atom stereocenters. The number of benzene rings is 2. The van der Waals surface area contributed by atoms with E-state index in [1.54, 1.807) is 41.3 Å². The summed E-state index contributed by atoms with van der Waals surface area (Å²) in [4.78, 5) is 58.5. The van der Waals surface area contributed by atoms with Crippen molar-refractivity contribution in [1.82, 2.24) is 14.8 Å². The molecule has 4 amide bonds. The third-order valence-electron chi connectivity index (χ3n) is 5.95. The number of thiazole rings is 1. The maximum Gasteiger partial charge on any atom is 0.261 e. The number of rotatable bonds is 6. The second-order valence-electron chi connectivity index (χ2n) is 8.19. The standard InChI is InChI=1S/C25H22N4O4S/c30-21(11-6-13-29-23(32)17-9-4-5-10-18(17)24(29)33)27-25-26-19-12-14-28(15-20(19)34-25)22(31)16-7-2-1-3-8-16/h1-5,7-10H,6,11-15H2,(H,26,27,30). The van der Waals surface area contributed by atoms with Crippen molar-refractivity contribution >= 4 is 40.1 Å². The molecule has 1 aromatic heterocycles. The number of hydrogen-bond donors (Lipinski definition) is 1. The highest BCUT2D eigenvalue weighted by molar-refractivity contribution is 7.15. The van der Waals surface area contributed by atoms with Gasteiger partial charge in [-0.2, -0.15) is 0 Å². The van der Waals surface area contributed by atoms with Crippen LogP contribution >= 0.6 is 11.3 Å². The van der Waals surface area contributed by atoms with Gasteiger partial charge in [0.25, 0.3) is 17.7 Å². The molecule has 2 aliphatic rings. The lowest BCUT2D eigenvalue weighted by Gasteiger charge is -2.26. The number of anilines is 1. The Balaban J connectivity index is 1.14. The molecule has 2 aromatic carbocycles. The van der Waals surface area contributed by atoms with Gasteiger partial charge in [-0.1, -0.05) is 41.7 Å². The van der Waals surface area contributed by atoms with Crippen LogP contribution in [0.3, 0.4) is 0 Å². The first-order valence-electron chi connectivity index (χ1n) is 11.1. The quantitative estimate of drug-likeness (QED) is 0.553. The molecule has 0 fully saturated rings. The summed E-state index contributed by atoms with van der Waals surface area (Å²) >= 11 is 1.38. The molecule has 3 aromatic rings. The van der Waals surface area contributed by atoms with Crippen molar-refractivity contribution < 1.29 is 19.2 Å². The summed E-state index contributed by atoms with van der Waals surface area (Å²) in [5.74, 6) is -0.871. The minimum Gasteiger partial charge on any atom is -0.333 e. The Morgan fingerprint density at radius 2 is 1.65 bits per heavy atom. The maximum absolute atomic E-state index is 12.7. The average molecular weight is 475 g/mol. The van der Waals surface area contributed by atoms with Gasteiger partial charge in [0.15, 0.2) is 5.13 Å². The van der Waals surface area contributed by atoms with Gasteiger partial charge < -0.3 is 10.2 Å². The topological polar surface area (TPSA) is 99.7 Å². The Bertz CT molecular complexity index is 1250. The van der Waals surface area contributed by atoms with E-state index in [0.717, 1.165) is 10.6 Å². The minimum atomic E-state index is -0.316. The molecule has 0 bridgehead atoms. The number of hydrogen-bond acceptors (Lipinski definition) is 6. The smallest absolute Gasteiger partial charge is 0.261 e. The predicted molar refractivity (Wildman–Crippen MR) is 127 cm³/mol. The summed E-state index contributed by atoms with van der Waals surface area (Å²) in [6.07, 6.45) is 1.16. The number of amides is 4. The van der Waals surface area contributed by atoms with Gasteiger partial charge in [0, 0.05) is 36.4 Å². The Hall–Kier alpha value is -3.85. The lowest BCUT2D eigenvalue weighted by molar-refractivity contribution is -0.116. The summed E-state index contributed by atoms with van der Waals surface area (Å²) in [5, 5.41) is 3.32. The lowest BCUT2D eigenvalue weighted by atomic mass is 10.1. The Morgan fingerprint density at radius 3 is 2.35 bits per heavy atom. The van der Waals surface area contributed by atoms with Crippen molar-refractivity contribution in [2.45, 2.75) is 25.8 Å². The Labute approximate surface area is 200 Å². The van der Waals surface area contributed by atoms with E-state index in [1.165, 1.54) is 16.2 Å². The largest absolute Gasteiger partial charge is 0.333 e. The summed E-state index contributed by atoms with van der Waals surface area (Å²) < 4.78 is 0. The first-order valence-corrected chi connectivity index (χ1v) is 11.9. The zero-order valence-electron chi connectivity index (χ0n) is 18.3. The molecule has 3 heterocycles. The van der Waals surface area contributed by atoms with E-state index >= 15 is 0 Å². The van der Waals surface area contributed by atoms with E-state index in [4.69, 9.17) is 0 Å². The minimum absolute atomic E-state index is 0.0154. The predicted octanol–water partition coefficient (Wildman–Crippen LogP) is 3.36. The van der Waals surface area contributed by atoms with E-state index in [0.29, 0.717) is 47.8 Å². The van der Waals surface area contributed by atoms with Gasteiger partial charge in [-0.3, -0.25) is 24.1 Å². The molecule has 8 nitrogen and oxygen atoms in total. The summed E-state index contributed by atoms with van der Waals surface area (Å²) in [5.41, 5.74) is 2.38. The van der Waals surface area contributed by atoms with Crippen LogP contribution in [0.1, 0.15) is 54.5 Å². The monoisotopic (exact) mass is 474 g/mol. The molecule has 0 aliphatic carbocycles. The highest BCUT2D eigenvalue weighted by Crippen LogP contribution is 2.29. The molecule has 1 N–H and O–H groups in total. The van der Waals surface area contributed by atoms with Gasteiger partial charge in [-0.25, -0.2) is 4.98 Å². The van der Waals surface area contributed by atoms with E-state index in [1.807, 2.05) is 18.2 Å². The number of aromatic nitrogens is 1. The van der Waals surface area contributed by atoms with Crippen molar-refractivity contribution in [2.24, 2.45) is 0 Å². The molecule has 0 spiro atoms. The molecule has 2 aliphatic heterocycles. The van der Waals surface area contributed by atoms with Crippen LogP contribution < -0.4 is 5.32 Å². The highest BCUT2D eigenvalue weighted by atomic mass is 32.1. The van der Waals surface area contributed by atoms with E-state index in [-0.39, 0.29) is 36.6 Å². The number of carbonyl (C=O) groups excluding carboxylic acids is 4. The molecular weight excluding hydrogens is 452 g/mol. The van der Waals surface area contributed by atoms with Crippen LogP contribution in [0.5, 0.6) is 0 Å². The fourth-order valence-corrected chi connectivity index (χ4v) is 5.25. The summed E-state index contributed by atoms with van der Waals surface area (Å²) in [7, 11) is 0. The summed E-state index contributed by atoms with van der Waals surface area (Å²) in [6.45, 7) is 1.24. The molecule has 0 saturated heterocycles. The first kappa shape index (κ1) is 22.0. The molecule has 34 heavy (non-hydrogen) atoms. The molecule has 9 heteroatoms. The molecule has 0 unspecified atom stereocenters. The Kier molecular flexibility index (Phi) is 5.93. The SMILES string of the molecule is O=C(CCCN1C(=O)c2ccccc2C1=O)Nc1nc2c(s1)CN(C(=O)c1ccccc1)CC2. The van der Waals surface area contributed by atoms with Crippen molar-refractivity contribution in [3.63, 3.8) is 0 Å². The molecular formula is C25H22N4O4S. The van der Waals surface area contributed by atoms with Crippen LogP contribution in [0.4, 0.5) is 5.13 Å². The number of nitrogens with zero attached hydrogens (tertiary/aromatic N) is 3. The third-order valence-corrected chi connectivity index (χ3v) is 6.95. The Morgan fingerprint density at radius 1 is 0.971 bits per heavy atom. The second kappa shape index (κ2) is 9.18. The number of fused-ring (bicyclic) bond motifs is 2. The van der Waals surface area contributed by atoms with Crippen molar-refractivity contribution in [3.8, 4) is 0 Å². The molecule has 5 rings (SSSR count). The molecule has 0 radical (unpaired) electrons. The van der Waals surface area contributed by atoms with Gasteiger partial charge in [-0.05, 0) is 30.7 Å². The fourth-order valence-electron chi connectivity index (χ4n) is 4.21. The van der Waals surface area contributed by atoms with Crippen molar-refractivity contribution in [2.75, 3.05) is 18.4 Å². The van der Waals surface area contributed by atoms with Crippen LogP contribution in [0.2, 0.25) is 0 Å². The van der Waals surface area contributed by atoms with Gasteiger partial charge in [0.05, 0.1) is 23.4 Å². The highest BCUT2D eigenvalue weighted by Gasteiger charge is 2.34. The van der Waals surface area contributed by atoms with Gasteiger partial charge in [0.1, 0.15) is 0 Å². The van der Waals surface area contributed by atoms with Gasteiger partial charge in [0.2, 0.25) is 5.91 Å². The van der Waals surface area contributed by atoms with Crippen LogP contribution in [0.25, 0.3) is 0 Å². The fraction of sp³-hybridized carbons (Fsp3) is 0.240. The van der Waals surface area contributed by atoms with E-state index < -0.39 is 0 Å². The van der Waals surface area contributed by atoms with Crippen molar-refractivity contribution in [3.05, 3.63) is 81.9 Å². The van der Waals surface area contributed by atoms with Crippen molar-refractivity contribution in [1.29, 1.82) is 0 Å². The number of carbonyl (C=O) groups is 4. The van der Waals surface area contributed by atoms with Crippen LogP contribution in [0.15, 0.2) is 54.6 Å². The normalized spacial score (nSPS) is 14.7. The van der Waals surface area contributed by atoms with Gasteiger partial charge >= 0.3 is 0 Å². The molecule has 172 valence electrons. The maximum atomic E-state index is 12.7. The first-order chi connectivity index (χ1) is 16.5. The van der Waals surface area contributed by atoms with E-state index in [9.17, 15) is 19.2 Å². The van der Waals surface area contributed by atoms with E-state index in [2.05, 4.69) is 10.3 Å². The summed E-state index contributed by atoms with van der Waals surface area (Å²) in [6, 6.07) is 15.9. The number of nitrogens with one attached hydrogen (secondary N) is 1. The molecule has 0 saturated carbocycles. The van der Waals surface area contributed by atoms with Gasteiger partial charge in [-0.15, -0.1) is 0 Å². The number of imide groups is 1.